The van der Waals surface area contributed by atoms with E-state index < -0.39 is 0 Å². The zero-order chi connectivity index (χ0) is 12.4. The second-order valence-electron chi connectivity index (χ2n) is 6.63. The maximum Gasteiger partial charge on any atom is 0.0196 e. The molecule has 1 unspecified atom stereocenters. The van der Waals surface area contributed by atoms with Crippen LogP contribution in [-0.2, 0) is 0 Å². The topological polar surface area (TPSA) is 32.5 Å². The fourth-order valence-electron chi connectivity index (χ4n) is 3.76. The van der Waals surface area contributed by atoms with Crippen LogP contribution in [-0.4, -0.2) is 54.6 Å². The van der Waals surface area contributed by atoms with Crippen LogP contribution in [0.15, 0.2) is 0 Å². The molecule has 2 aliphatic carbocycles. The van der Waals surface area contributed by atoms with Crippen molar-refractivity contribution in [3.05, 3.63) is 0 Å². The van der Waals surface area contributed by atoms with Gasteiger partial charge in [0, 0.05) is 44.8 Å². The van der Waals surface area contributed by atoms with E-state index in [-0.39, 0.29) is 0 Å². The van der Waals surface area contributed by atoms with E-state index in [1.54, 1.807) is 0 Å². The minimum Gasteiger partial charge on any atom is -0.326 e. The lowest BCUT2D eigenvalue weighted by molar-refractivity contribution is 0.111. The summed E-state index contributed by atoms with van der Waals surface area (Å²) >= 11 is 0. The Bertz CT molecular complexity index is 250. The molecule has 3 fully saturated rings. The van der Waals surface area contributed by atoms with Gasteiger partial charge in [-0.15, -0.1) is 0 Å². The first-order valence-corrected chi connectivity index (χ1v) is 8.05. The highest BCUT2D eigenvalue weighted by Crippen LogP contribution is 2.28. The number of piperazine rings is 1. The SMILES string of the molecule is NC(CN1CCN(C2CC2)CC1)C1CCCCC1. The third kappa shape index (κ3) is 3.25. The van der Waals surface area contributed by atoms with E-state index in [1.165, 1.54) is 71.1 Å². The quantitative estimate of drug-likeness (QED) is 0.825. The van der Waals surface area contributed by atoms with Crippen molar-refractivity contribution in [2.75, 3.05) is 32.7 Å². The molecule has 2 saturated carbocycles. The van der Waals surface area contributed by atoms with E-state index in [0.29, 0.717) is 6.04 Å². The summed E-state index contributed by atoms with van der Waals surface area (Å²) in [6.07, 6.45) is 9.90. The molecule has 0 radical (unpaired) electrons. The highest BCUT2D eigenvalue weighted by Gasteiger charge is 2.32. The molecule has 0 amide bonds. The van der Waals surface area contributed by atoms with E-state index in [4.69, 9.17) is 5.73 Å². The Balaban J connectivity index is 1.39. The lowest BCUT2D eigenvalue weighted by Crippen LogP contribution is -2.51. The van der Waals surface area contributed by atoms with Gasteiger partial charge in [-0.25, -0.2) is 0 Å². The molecule has 0 aromatic heterocycles. The smallest absolute Gasteiger partial charge is 0.0196 e. The van der Waals surface area contributed by atoms with Crippen molar-refractivity contribution in [1.82, 2.24) is 9.80 Å². The number of hydrogen-bond acceptors (Lipinski definition) is 3. The summed E-state index contributed by atoms with van der Waals surface area (Å²) in [6, 6.07) is 1.37. The zero-order valence-electron chi connectivity index (χ0n) is 11.7. The summed E-state index contributed by atoms with van der Waals surface area (Å²) < 4.78 is 0. The van der Waals surface area contributed by atoms with Gasteiger partial charge in [-0.05, 0) is 31.6 Å². The largest absolute Gasteiger partial charge is 0.326 e. The molecule has 0 aromatic carbocycles. The van der Waals surface area contributed by atoms with Gasteiger partial charge in [0.05, 0.1) is 0 Å². The molecule has 0 bridgehead atoms. The Hall–Kier alpha value is -0.120. The van der Waals surface area contributed by atoms with Crippen LogP contribution in [0.3, 0.4) is 0 Å². The molecule has 1 atom stereocenters. The standard InChI is InChI=1S/C15H29N3/c16-15(13-4-2-1-3-5-13)12-17-8-10-18(11-9-17)14-6-7-14/h13-15H,1-12,16H2. The van der Waals surface area contributed by atoms with Crippen LogP contribution in [0.2, 0.25) is 0 Å². The predicted molar refractivity (Wildman–Crippen MR) is 75.6 cm³/mol. The highest BCUT2D eigenvalue weighted by atomic mass is 15.3. The van der Waals surface area contributed by atoms with Crippen LogP contribution in [0.1, 0.15) is 44.9 Å². The van der Waals surface area contributed by atoms with E-state index in [2.05, 4.69) is 9.80 Å². The number of rotatable bonds is 4. The molecule has 3 aliphatic rings. The Labute approximate surface area is 112 Å². The van der Waals surface area contributed by atoms with Crippen molar-refractivity contribution in [3.8, 4) is 0 Å². The van der Waals surface area contributed by atoms with Gasteiger partial charge in [0.1, 0.15) is 0 Å². The monoisotopic (exact) mass is 251 g/mol. The Kier molecular flexibility index (Phi) is 4.22. The Morgan fingerprint density at radius 2 is 1.56 bits per heavy atom. The third-order valence-corrected chi connectivity index (χ3v) is 5.19. The summed E-state index contributed by atoms with van der Waals surface area (Å²) in [5.74, 6) is 0.806. The highest BCUT2D eigenvalue weighted by molar-refractivity contribution is 4.88. The fourth-order valence-corrected chi connectivity index (χ4v) is 3.76. The maximum absolute atomic E-state index is 6.43. The third-order valence-electron chi connectivity index (χ3n) is 5.19. The van der Waals surface area contributed by atoms with Crippen molar-refractivity contribution < 1.29 is 0 Å². The van der Waals surface area contributed by atoms with Gasteiger partial charge in [-0.1, -0.05) is 19.3 Å². The van der Waals surface area contributed by atoms with Crippen LogP contribution in [0.25, 0.3) is 0 Å². The molecule has 2 N–H and O–H groups in total. The van der Waals surface area contributed by atoms with Gasteiger partial charge in [0.2, 0.25) is 0 Å². The number of hydrogen-bond donors (Lipinski definition) is 1. The minimum atomic E-state index is 0.428. The van der Waals surface area contributed by atoms with Crippen molar-refractivity contribution in [2.24, 2.45) is 11.7 Å². The lowest BCUT2D eigenvalue weighted by Gasteiger charge is -2.38. The first-order valence-electron chi connectivity index (χ1n) is 8.05. The Morgan fingerprint density at radius 1 is 0.889 bits per heavy atom. The second kappa shape index (κ2) is 5.89. The van der Waals surface area contributed by atoms with E-state index >= 15 is 0 Å². The van der Waals surface area contributed by atoms with Crippen molar-refractivity contribution in [2.45, 2.75) is 57.0 Å². The molecule has 0 spiro atoms. The molecule has 1 aliphatic heterocycles. The predicted octanol–water partition coefficient (Wildman–Crippen LogP) is 1.67. The van der Waals surface area contributed by atoms with Crippen LogP contribution in [0, 0.1) is 5.92 Å². The molecule has 3 rings (SSSR count). The summed E-state index contributed by atoms with van der Waals surface area (Å²) in [6.45, 7) is 6.20. The van der Waals surface area contributed by atoms with Gasteiger partial charge in [-0.2, -0.15) is 0 Å². The molecule has 1 heterocycles. The number of nitrogens with zero attached hydrogens (tertiary/aromatic N) is 2. The van der Waals surface area contributed by atoms with E-state index in [1.807, 2.05) is 0 Å². The summed E-state index contributed by atoms with van der Waals surface area (Å²) in [7, 11) is 0. The summed E-state index contributed by atoms with van der Waals surface area (Å²) in [5.41, 5.74) is 6.43. The lowest BCUT2D eigenvalue weighted by atomic mass is 9.84. The van der Waals surface area contributed by atoms with Gasteiger partial charge in [0.25, 0.3) is 0 Å². The number of nitrogens with two attached hydrogens (primary N) is 1. The van der Waals surface area contributed by atoms with Crippen molar-refractivity contribution in [1.29, 1.82) is 0 Å². The first kappa shape index (κ1) is 12.9. The van der Waals surface area contributed by atoms with Crippen molar-refractivity contribution >= 4 is 0 Å². The summed E-state index contributed by atoms with van der Waals surface area (Å²) in [5, 5.41) is 0. The average Bonchev–Trinajstić information content (AvgIpc) is 3.25. The molecule has 1 saturated heterocycles. The zero-order valence-corrected chi connectivity index (χ0v) is 11.7. The first-order chi connectivity index (χ1) is 8.83. The van der Waals surface area contributed by atoms with Crippen LogP contribution < -0.4 is 5.73 Å². The fraction of sp³-hybridized carbons (Fsp3) is 1.00. The average molecular weight is 251 g/mol. The van der Waals surface area contributed by atoms with Crippen LogP contribution in [0.5, 0.6) is 0 Å². The molecule has 3 heteroatoms. The van der Waals surface area contributed by atoms with Gasteiger partial charge in [-0.3, -0.25) is 9.80 Å². The molecule has 0 aromatic rings. The summed E-state index contributed by atoms with van der Waals surface area (Å²) in [4.78, 5) is 5.29. The van der Waals surface area contributed by atoms with Gasteiger partial charge >= 0.3 is 0 Å². The molecule has 3 nitrogen and oxygen atoms in total. The molecular weight excluding hydrogens is 222 g/mol. The van der Waals surface area contributed by atoms with Crippen LogP contribution in [0.4, 0.5) is 0 Å². The van der Waals surface area contributed by atoms with E-state index in [9.17, 15) is 0 Å². The maximum atomic E-state index is 6.43. The van der Waals surface area contributed by atoms with Gasteiger partial charge < -0.3 is 5.73 Å². The van der Waals surface area contributed by atoms with E-state index in [0.717, 1.165) is 18.5 Å². The van der Waals surface area contributed by atoms with Crippen LogP contribution >= 0.6 is 0 Å². The van der Waals surface area contributed by atoms with Gasteiger partial charge in [0.15, 0.2) is 0 Å². The normalized spacial score (nSPS) is 30.5. The van der Waals surface area contributed by atoms with Crippen molar-refractivity contribution in [3.63, 3.8) is 0 Å². The molecule has 104 valence electrons. The minimum absolute atomic E-state index is 0.428. The molecular formula is C15H29N3. The Morgan fingerprint density at radius 3 is 2.17 bits per heavy atom. The molecule has 18 heavy (non-hydrogen) atoms. The second-order valence-corrected chi connectivity index (χ2v) is 6.63.